The number of halogens is 4. The van der Waals surface area contributed by atoms with E-state index >= 15 is 0 Å². The minimum atomic E-state index is -4.86. The normalized spacial score (nSPS) is 11.9. The average Bonchev–Trinajstić information content (AvgIpc) is 2.82. The highest BCUT2D eigenvalue weighted by atomic mass is 32.1. The number of nitrogens with zero attached hydrogens (tertiary/aromatic N) is 3. The van der Waals surface area contributed by atoms with Crippen molar-refractivity contribution in [2.45, 2.75) is 6.36 Å². The smallest absolute Gasteiger partial charge is 0.493 e. The lowest BCUT2D eigenvalue weighted by Crippen LogP contribution is -2.16. The van der Waals surface area contributed by atoms with E-state index in [4.69, 9.17) is 12.2 Å². The number of benzene rings is 2. The Bertz CT molecular complexity index is 1080. The number of hydrogen-bond acceptors (Lipinski definition) is 4. The number of aromatic hydroxyl groups is 1. The summed E-state index contributed by atoms with van der Waals surface area (Å²) >= 11 is 4.99. The summed E-state index contributed by atoms with van der Waals surface area (Å²) < 4.78 is 55.7. The molecule has 2 aromatic carbocycles. The predicted molar refractivity (Wildman–Crippen MR) is 98.4 cm³/mol. The van der Waals surface area contributed by atoms with E-state index in [2.05, 4.69) is 20.3 Å². The van der Waals surface area contributed by atoms with E-state index in [0.29, 0.717) is 11.2 Å². The molecule has 0 fully saturated rings. The van der Waals surface area contributed by atoms with Crippen molar-refractivity contribution in [3.05, 3.63) is 48.3 Å². The van der Waals surface area contributed by atoms with E-state index in [1.54, 1.807) is 6.07 Å². The molecule has 146 valence electrons. The Morgan fingerprint density at radius 1 is 1.21 bits per heavy atom. The number of fused-ring (bicyclic) bond motifs is 1. The molecule has 0 amide bonds. The third kappa shape index (κ3) is 4.36. The number of hydrogen-bond donors (Lipinski definition) is 2. The van der Waals surface area contributed by atoms with Gasteiger partial charge >= 0.3 is 6.36 Å². The molecule has 0 bridgehead atoms. The van der Waals surface area contributed by atoms with Gasteiger partial charge in [-0.25, -0.2) is 4.39 Å². The fraction of sp³-hybridized carbons (Fsp3) is 0.118. The van der Waals surface area contributed by atoms with Crippen molar-refractivity contribution in [2.24, 2.45) is 17.3 Å². The van der Waals surface area contributed by atoms with E-state index in [9.17, 15) is 22.7 Å². The van der Waals surface area contributed by atoms with Crippen molar-refractivity contribution in [1.82, 2.24) is 4.57 Å². The van der Waals surface area contributed by atoms with Gasteiger partial charge in [0.05, 0.1) is 5.52 Å². The van der Waals surface area contributed by atoms with E-state index in [0.717, 1.165) is 12.1 Å². The molecule has 3 rings (SSSR count). The molecule has 3 aromatic rings. The maximum atomic E-state index is 13.2. The second-order valence-electron chi connectivity index (χ2n) is 5.60. The average molecular weight is 412 g/mol. The quantitative estimate of drug-likeness (QED) is 0.343. The largest absolute Gasteiger partial charge is 0.573 e. The molecule has 1 aromatic heterocycles. The first-order valence-electron chi connectivity index (χ1n) is 7.69. The third-order valence-electron chi connectivity index (χ3n) is 3.66. The fourth-order valence-corrected chi connectivity index (χ4v) is 2.66. The van der Waals surface area contributed by atoms with Gasteiger partial charge in [-0.1, -0.05) is 6.07 Å². The van der Waals surface area contributed by atoms with Crippen molar-refractivity contribution < 1.29 is 27.4 Å². The van der Waals surface area contributed by atoms with Crippen LogP contribution in [-0.2, 0) is 7.05 Å². The highest BCUT2D eigenvalue weighted by Crippen LogP contribution is 2.40. The van der Waals surface area contributed by atoms with Gasteiger partial charge in [0.1, 0.15) is 11.6 Å². The molecule has 0 unspecified atom stereocenters. The molecule has 6 nitrogen and oxygen atoms in total. The van der Waals surface area contributed by atoms with Gasteiger partial charge in [-0.3, -0.25) is 0 Å². The monoisotopic (exact) mass is 412 g/mol. The number of aryl methyl sites for hydroxylation is 1. The molecule has 0 saturated carbocycles. The molecular formula is C17H12F4N4O2S. The van der Waals surface area contributed by atoms with E-state index in [1.807, 2.05) is 0 Å². The zero-order valence-corrected chi connectivity index (χ0v) is 15.0. The summed E-state index contributed by atoms with van der Waals surface area (Å²) in [5, 5.41) is 20.5. The lowest BCUT2D eigenvalue weighted by atomic mass is 10.2. The Morgan fingerprint density at radius 3 is 2.64 bits per heavy atom. The summed E-state index contributed by atoms with van der Waals surface area (Å²) in [4.78, 5) is 0. The topological polar surface area (TPSA) is 71.1 Å². The third-order valence-corrected chi connectivity index (χ3v) is 3.85. The molecule has 0 saturated heterocycles. The van der Waals surface area contributed by atoms with Crippen LogP contribution in [0.4, 0.5) is 28.9 Å². The Morgan fingerprint density at radius 2 is 1.96 bits per heavy atom. The molecular weight excluding hydrogens is 400 g/mol. The summed E-state index contributed by atoms with van der Waals surface area (Å²) in [5.41, 5.74) is 0.658. The molecule has 1 heterocycles. The molecule has 11 heteroatoms. The number of ether oxygens (including phenoxy) is 1. The Hall–Kier alpha value is -3.21. The van der Waals surface area contributed by atoms with Crippen molar-refractivity contribution >= 4 is 39.6 Å². The zero-order valence-electron chi connectivity index (χ0n) is 14.2. The first-order valence-corrected chi connectivity index (χ1v) is 8.10. The van der Waals surface area contributed by atoms with Crippen LogP contribution in [0.25, 0.3) is 10.9 Å². The maximum Gasteiger partial charge on any atom is 0.573 e. The summed E-state index contributed by atoms with van der Waals surface area (Å²) in [6.07, 6.45) is -4.86. The Kier molecular flexibility index (Phi) is 5.18. The van der Waals surface area contributed by atoms with Crippen LogP contribution in [0.3, 0.4) is 0 Å². The van der Waals surface area contributed by atoms with Crippen molar-refractivity contribution in [3.8, 4) is 11.6 Å². The number of azo groups is 1. The second kappa shape index (κ2) is 7.43. The minimum absolute atomic E-state index is 0.0893. The lowest BCUT2D eigenvalue weighted by molar-refractivity contribution is -0.274. The van der Waals surface area contributed by atoms with Gasteiger partial charge in [0.2, 0.25) is 11.0 Å². The van der Waals surface area contributed by atoms with Crippen molar-refractivity contribution in [1.29, 1.82) is 0 Å². The molecule has 0 atom stereocenters. The molecule has 28 heavy (non-hydrogen) atoms. The minimum Gasteiger partial charge on any atom is -0.493 e. The van der Waals surface area contributed by atoms with Crippen LogP contribution in [0, 0.1) is 5.82 Å². The highest BCUT2D eigenvalue weighted by Gasteiger charge is 2.31. The van der Waals surface area contributed by atoms with Gasteiger partial charge < -0.3 is 19.7 Å². The van der Waals surface area contributed by atoms with Gasteiger partial charge in [0.25, 0.3) is 0 Å². The molecule has 0 spiro atoms. The summed E-state index contributed by atoms with van der Waals surface area (Å²) in [6.45, 7) is 0. The number of aromatic nitrogens is 1. The first kappa shape index (κ1) is 19.5. The number of anilines is 1. The van der Waals surface area contributed by atoms with Crippen LogP contribution in [0.1, 0.15) is 0 Å². The molecule has 0 aliphatic heterocycles. The molecule has 0 aliphatic rings. The van der Waals surface area contributed by atoms with Crippen LogP contribution >= 0.6 is 12.2 Å². The SMILES string of the molecule is Cn1c(O)c(N=NC(=S)Nc2cccc(F)c2)c2cc(OC(F)(F)F)ccc21. The number of rotatable bonds is 3. The molecule has 2 N–H and O–H groups in total. The van der Waals surface area contributed by atoms with Crippen LogP contribution in [0.2, 0.25) is 0 Å². The van der Waals surface area contributed by atoms with E-state index < -0.39 is 17.9 Å². The maximum absolute atomic E-state index is 13.2. The summed E-state index contributed by atoms with van der Waals surface area (Å²) in [7, 11) is 1.50. The van der Waals surface area contributed by atoms with Gasteiger partial charge in [0, 0.05) is 18.1 Å². The number of alkyl halides is 3. The predicted octanol–water partition coefficient (Wildman–Crippen LogP) is 5.40. The van der Waals surface area contributed by atoms with Gasteiger partial charge in [-0.2, -0.15) is 0 Å². The van der Waals surface area contributed by atoms with Crippen LogP contribution in [0.5, 0.6) is 11.6 Å². The molecule has 0 radical (unpaired) electrons. The lowest BCUT2D eigenvalue weighted by Gasteiger charge is -2.08. The first-order chi connectivity index (χ1) is 13.1. The summed E-state index contributed by atoms with van der Waals surface area (Å²) in [5.74, 6) is -1.27. The molecule has 0 aliphatic carbocycles. The van der Waals surface area contributed by atoms with E-state index in [-0.39, 0.29) is 22.1 Å². The van der Waals surface area contributed by atoms with Gasteiger partial charge in [-0.15, -0.1) is 23.4 Å². The van der Waals surface area contributed by atoms with Crippen LogP contribution < -0.4 is 10.1 Å². The van der Waals surface area contributed by atoms with Gasteiger partial charge in [0.15, 0.2) is 5.69 Å². The highest BCUT2D eigenvalue weighted by molar-refractivity contribution is 7.80. The van der Waals surface area contributed by atoms with Crippen molar-refractivity contribution in [3.63, 3.8) is 0 Å². The van der Waals surface area contributed by atoms with Crippen LogP contribution in [0.15, 0.2) is 52.7 Å². The number of thiocarbonyl (C=S) groups is 1. The van der Waals surface area contributed by atoms with Crippen LogP contribution in [-0.4, -0.2) is 21.1 Å². The van der Waals surface area contributed by atoms with Crippen molar-refractivity contribution in [2.75, 3.05) is 5.32 Å². The Labute approximate surface area is 161 Å². The second-order valence-corrected chi connectivity index (χ2v) is 5.99. The number of nitrogens with one attached hydrogen (secondary N) is 1. The summed E-state index contributed by atoms with van der Waals surface area (Å²) in [6, 6.07) is 9.02. The zero-order chi connectivity index (χ0) is 20.5. The fourth-order valence-electron chi connectivity index (χ4n) is 2.50. The van der Waals surface area contributed by atoms with Gasteiger partial charge in [-0.05, 0) is 48.6 Å². The standard InChI is InChI=1S/C17H12F4N4O2S/c1-25-13-6-5-11(27-17(19,20)21)8-12(13)14(15(25)26)23-24-16(28)22-10-4-2-3-9(18)7-10/h2-8,26H,1H3,(H,22,28). The Balaban J connectivity index is 1.90. The van der Waals surface area contributed by atoms with E-state index in [1.165, 1.54) is 35.9 Å².